The number of rotatable bonds is 4. The molecule has 1 fully saturated rings. The molecule has 0 spiro atoms. The summed E-state index contributed by atoms with van der Waals surface area (Å²) >= 11 is 3.28. The van der Waals surface area contributed by atoms with E-state index in [4.69, 9.17) is 5.11 Å². The van der Waals surface area contributed by atoms with Crippen LogP contribution >= 0.6 is 15.9 Å². The van der Waals surface area contributed by atoms with Crippen LogP contribution in [0.1, 0.15) is 31.2 Å². The van der Waals surface area contributed by atoms with Gasteiger partial charge in [-0.15, -0.1) is 0 Å². The van der Waals surface area contributed by atoms with Crippen LogP contribution in [-0.4, -0.2) is 23.7 Å². The van der Waals surface area contributed by atoms with Gasteiger partial charge in [-0.05, 0) is 55.4 Å². The second kappa shape index (κ2) is 7.18. The van der Waals surface area contributed by atoms with E-state index in [9.17, 15) is 9.18 Å². The third-order valence-electron chi connectivity index (χ3n) is 3.83. The summed E-state index contributed by atoms with van der Waals surface area (Å²) in [5.74, 6) is -0.132. The molecule has 0 atom stereocenters. The zero-order valence-corrected chi connectivity index (χ0v) is 12.8. The minimum absolute atomic E-state index is 0.0607. The second-order valence-electron chi connectivity index (χ2n) is 5.38. The van der Waals surface area contributed by atoms with E-state index in [2.05, 4.69) is 21.2 Å². The lowest BCUT2D eigenvalue weighted by molar-refractivity contribution is -0.121. The van der Waals surface area contributed by atoms with Crippen LogP contribution in [0.25, 0.3) is 0 Å². The molecular weight excluding hydrogens is 325 g/mol. The molecule has 0 saturated heterocycles. The molecule has 0 bridgehead atoms. The summed E-state index contributed by atoms with van der Waals surface area (Å²) in [4.78, 5) is 12.0. The van der Waals surface area contributed by atoms with Crippen molar-refractivity contribution in [2.45, 2.75) is 38.1 Å². The molecule has 1 aromatic rings. The maximum absolute atomic E-state index is 13.6. The van der Waals surface area contributed by atoms with Crippen LogP contribution in [-0.2, 0) is 11.2 Å². The molecular formula is C15H19BrFNO2. The molecule has 0 radical (unpaired) electrons. The van der Waals surface area contributed by atoms with Crippen LogP contribution in [0.15, 0.2) is 22.7 Å². The first-order chi connectivity index (χ1) is 9.58. The van der Waals surface area contributed by atoms with Gasteiger partial charge >= 0.3 is 0 Å². The van der Waals surface area contributed by atoms with E-state index in [0.717, 1.165) is 30.2 Å². The fraction of sp³-hybridized carbons (Fsp3) is 0.533. The minimum Gasteiger partial charge on any atom is -0.396 e. The molecule has 1 amide bonds. The number of hydrogen-bond donors (Lipinski definition) is 2. The van der Waals surface area contributed by atoms with Gasteiger partial charge in [0.2, 0.25) is 5.91 Å². The molecule has 0 aromatic heterocycles. The Kier molecular flexibility index (Phi) is 5.54. The first-order valence-electron chi connectivity index (χ1n) is 6.92. The Hall–Kier alpha value is -0.940. The predicted molar refractivity (Wildman–Crippen MR) is 78.8 cm³/mol. The predicted octanol–water partition coefficient (Wildman–Crippen LogP) is 2.80. The van der Waals surface area contributed by atoms with Crippen molar-refractivity contribution in [3.05, 3.63) is 34.1 Å². The van der Waals surface area contributed by atoms with Crippen LogP contribution in [0.4, 0.5) is 4.39 Å². The highest BCUT2D eigenvalue weighted by Crippen LogP contribution is 2.24. The van der Waals surface area contributed by atoms with Gasteiger partial charge in [0.15, 0.2) is 0 Å². The van der Waals surface area contributed by atoms with Gasteiger partial charge in [-0.2, -0.15) is 0 Å². The normalized spacial score (nSPS) is 22.6. The summed E-state index contributed by atoms with van der Waals surface area (Å²) in [7, 11) is 0. The van der Waals surface area contributed by atoms with Crippen LogP contribution in [0, 0.1) is 11.7 Å². The third-order valence-corrected chi connectivity index (χ3v) is 4.32. The molecule has 2 N–H and O–H groups in total. The van der Waals surface area contributed by atoms with E-state index in [1.807, 2.05) is 0 Å². The molecule has 110 valence electrons. The number of benzene rings is 1. The Balaban J connectivity index is 1.85. The molecule has 5 heteroatoms. The SMILES string of the molecule is O=C(Cc1cc(Br)ccc1F)NC1CCC(CO)CC1. The molecule has 1 aliphatic carbocycles. The third kappa shape index (κ3) is 4.28. The highest BCUT2D eigenvalue weighted by Gasteiger charge is 2.22. The number of aliphatic hydroxyl groups excluding tert-OH is 1. The lowest BCUT2D eigenvalue weighted by atomic mass is 9.86. The fourth-order valence-corrected chi connectivity index (χ4v) is 3.03. The zero-order valence-electron chi connectivity index (χ0n) is 11.2. The van der Waals surface area contributed by atoms with E-state index in [1.54, 1.807) is 12.1 Å². The molecule has 2 rings (SSSR count). The van der Waals surface area contributed by atoms with Gasteiger partial charge in [0.1, 0.15) is 5.82 Å². The molecule has 1 aromatic carbocycles. The Bertz CT molecular complexity index is 473. The van der Waals surface area contributed by atoms with Gasteiger partial charge in [0.25, 0.3) is 0 Å². The highest BCUT2D eigenvalue weighted by atomic mass is 79.9. The van der Waals surface area contributed by atoms with Crippen molar-refractivity contribution in [1.29, 1.82) is 0 Å². The van der Waals surface area contributed by atoms with Crippen LogP contribution in [0.3, 0.4) is 0 Å². The number of amides is 1. The van der Waals surface area contributed by atoms with Crippen LogP contribution < -0.4 is 5.32 Å². The fourth-order valence-electron chi connectivity index (χ4n) is 2.62. The van der Waals surface area contributed by atoms with Gasteiger partial charge in [0, 0.05) is 17.1 Å². The Morgan fingerprint density at radius 2 is 2.05 bits per heavy atom. The van der Waals surface area contributed by atoms with Crippen molar-refractivity contribution in [1.82, 2.24) is 5.32 Å². The Labute approximate surface area is 126 Å². The molecule has 0 aliphatic heterocycles. The largest absolute Gasteiger partial charge is 0.396 e. The lowest BCUT2D eigenvalue weighted by Gasteiger charge is -2.28. The van der Waals surface area contributed by atoms with Crippen molar-refractivity contribution in [2.75, 3.05) is 6.61 Å². The second-order valence-corrected chi connectivity index (χ2v) is 6.30. The molecule has 3 nitrogen and oxygen atoms in total. The molecule has 1 aliphatic rings. The van der Waals surface area contributed by atoms with E-state index < -0.39 is 0 Å². The van der Waals surface area contributed by atoms with Crippen molar-refractivity contribution in [3.8, 4) is 0 Å². The highest BCUT2D eigenvalue weighted by molar-refractivity contribution is 9.10. The van der Waals surface area contributed by atoms with Gasteiger partial charge < -0.3 is 10.4 Å². The van der Waals surface area contributed by atoms with Gasteiger partial charge in [-0.3, -0.25) is 4.79 Å². The van der Waals surface area contributed by atoms with Crippen molar-refractivity contribution in [2.24, 2.45) is 5.92 Å². The zero-order chi connectivity index (χ0) is 14.5. The summed E-state index contributed by atoms with van der Waals surface area (Å²) in [6.45, 7) is 0.226. The smallest absolute Gasteiger partial charge is 0.224 e. The van der Waals surface area contributed by atoms with Crippen molar-refractivity contribution < 1.29 is 14.3 Å². The number of carbonyl (C=O) groups is 1. The average molecular weight is 344 g/mol. The first-order valence-corrected chi connectivity index (χ1v) is 7.72. The monoisotopic (exact) mass is 343 g/mol. The van der Waals surface area contributed by atoms with Gasteiger partial charge in [-0.1, -0.05) is 15.9 Å². The maximum atomic E-state index is 13.6. The molecule has 0 heterocycles. The van der Waals surface area contributed by atoms with Crippen molar-refractivity contribution in [3.63, 3.8) is 0 Å². The van der Waals surface area contributed by atoms with Crippen LogP contribution in [0.5, 0.6) is 0 Å². The summed E-state index contributed by atoms with van der Waals surface area (Å²) in [6, 6.07) is 4.77. The van der Waals surface area contributed by atoms with Crippen LogP contribution in [0.2, 0.25) is 0 Å². The van der Waals surface area contributed by atoms with E-state index in [-0.39, 0.29) is 30.8 Å². The summed E-state index contributed by atoms with van der Waals surface area (Å²) < 4.78 is 14.3. The number of hydrogen-bond acceptors (Lipinski definition) is 2. The average Bonchev–Trinajstić information content (AvgIpc) is 2.43. The van der Waals surface area contributed by atoms with Gasteiger partial charge in [-0.25, -0.2) is 4.39 Å². The van der Waals surface area contributed by atoms with E-state index in [0.29, 0.717) is 11.5 Å². The number of aliphatic hydroxyl groups is 1. The number of nitrogens with one attached hydrogen (secondary N) is 1. The molecule has 20 heavy (non-hydrogen) atoms. The quantitative estimate of drug-likeness (QED) is 0.883. The summed E-state index contributed by atoms with van der Waals surface area (Å²) in [6.07, 6.45) is 3.71. The topological polar surface area (TPSA) is 49.3 Å². The minimum atomic E-state index is -0.354. The maximum Gasteiger partial charge on any atom is 0.224 e. The number of carbonyl (C=O) groups excluding carboxylic acids is 1. The van der Waals surface area contributed by atoms with Gasteiger partial charge in [0.05, 0.1) is 6.42 Å². The summed E-state index contributed by atoms with van der Waals surface area (Å²) in [5.41, 5.74) is 0.404. The first kappa shape index (κ1) is 15.4. The van der Waals surface area contributed by atoms with E-state index >= 15 is 0 Å². The Morgan fingerprint density at radius 1 is 1.35 bits per heavy atom. The molecule has 1 saturated carbocycles. The lowest BCUT2D eigenvalue weighted by Crippen LogP contribution is -2.38. The standard InChI is InChI=1S/C15H19BrFNO2/c16-12-3-6-14(17)11(7-12)8-15(20)18-13-4-1-10(9-19)2-5-13/h3,6-7,10,13,19H,1-2,4-5,8-9H2,(H,18,20). The molecule has 0 unspecified atom stereocenters. The summed E-state index contributed by atoms with van der Waals surface area (Å²) in [5, 5.41) is 12.0. The Morgan fingerprint density at radius 3 is 2.70 bits per heavy atom. The van der Waals surface area contributed by atoms with Crippen molar-refractivity contribution >= 4 is 21.8 Å². The van der Waals surface area contributed by atoms with E-state index in [1.165, 1.54) is 6.07 Å². The number of halogens is 2.